The van der Waals surface area contributed by atoms with Gasteiger partial charge in [-0.25, -0.2) is 4.39 Å². The van der Waals surface area contributed by atoms with Crippen molar-refractivity contribution in [1.82, 2.24) is 10.6 Å². The normalized spacial score (nSPS) is 18.6. The Hall–Kier alpha value is -1.62. The topological polar surface area (TPSA) is 50.4 Å². The molecule has 2 N–H and O–H groups in total. The van der Waals surface area contributed by atoms with Crippen LogP contribution in [0.5, 0.6) is 5.75 Å². The van der Waals surface area contributed by atoms with Crippen LogP contribution in [0.25, 0.3) is 0 Å². The van der Waals surface area contributed by atoms with Gasteiger partial charge in [-0.05, 0) is 56.5 Å². The number of hydrogen-bond donors (Lipinski definition) is 2. The number of rotatable bonds is 5. The van der Waals surface area contributed by atoms with Crippen LogP contribution < -0.4 is 15.4 Å². The second-order valence-electron chi connectivity index (χ2n) is 5.10. The van der Waals surface area contributed by atoms with Crippen molar-refractivity contribution in [3.63, 3.8) is 0 Å². The van der Waals surface area contributed by atoms with Crippen molar-refractivity contribution in [2.75, 3.05) is 26.7 Å². The minimum absolute atomic E-state index is 0.245. The predicted molar refractivity (Wildman–Crippen MR) is 75.5 cm³/mol. The van der Waals surface area contributed by atoms with Crippen LogP contribution in [0.2, 0.25) is 0 Å². The van der Waals surface area contributed by atoms with Gasteiger partial charge in [-0.2, -0.15) is 0 Å². The van der Waals surface area contributed by atoms with Gasteiger partial charge in [0, 0.05) is 6.54 Å². The van der Waals surface area contributed by atoms with E-state index in [2.05, 4.69) is 10.6 Å². The van der Waals surface area contributed by atoms with Crippen LogP contribution in [0.15, 0.2) is 18.2 Å². The van der Waals surface area contributed by atoms with Crippen LogP contribution in [0.1, 0.15) is 29.6 Å². The molecule has 1 amide bonds. The number of hydrogen-bond acceptors (Lipinski definition) is 3. The molecule has 1 heterocycles. The number of methoxy groups -OCH3 is 1. The molecule has 0 bridgehead atoms. The molecule has 1 fully saturated rings. The smallest absolute Gasteiger partial charge is 0.255 e. The molecule has 0 aliphatic carbocycles. The highest BCUT2D eigenvalue weighted by Crippen LogP contribution is 2.19. The summed E-state index contributed by atoms with van der Waals surface area (Å²) in [5, 5.41) is 6.18. The second kappa shape index (κ2) is 7.24. The van der Waals surface area contributed by atoms with Crippen LogP contribution >= 0.6 is 0 Å². The summed E-state index contributed by atoms with van der Waals surface area (Å²) in [6.45, 7) is 2.70. The molecule has 1 unspecified atom stereocenters. The summed E-state index contributed by atoms with van der Waals surface area (Å²) in [6, 6.07) is 3.95. The molecule has 0 radical (unpaired) electrons. The van der Waals surface area contributed by atoms with Gasteiger partial charge in [-0.15, -0.1) is 0 Å². The molecule has 1 atom stereocenters. The third kappa shape index (κ3) is 3.93. The highest BCUT2D eigenvalue weighted by atomic mass is 19.1. The highest BCUT2D eigenvalue weighted by molar-refractivity contribution is 5.96. The number of benzene rings is 1. The van der Waals surface area contributed by atoms with E-state index in [0.717, 1.165) is 19.5 Å². The summed E-state index contributed by atoms with van der Waals surface area (Å²) in [4.78, 5) is 12.0. The maximum Gasteiger partial charge on any atom is 0.255 e. The molecule has 0 aromatic heterocycles. The Balaban J connectivity index is 1.86. The molecule has 2 rings (SSSR count). The standard InChI is InChI=1S/C15H21FN2O2/c1-20-14-5-4-12(16)9-13(14)15(19)18-8-6-11-3-2-7-17-10-11/h4-5,9,11,17H,2-3,6-8,10H2,1H3,(H,18,19). The number of carbonyl (C=O) groups excluding carboxylic acids is 1. The average molecular weight is 280 g/mol. The maximum atomic E-state index is 13.2. The number of halogens is 1. The molecule has 1 aromatic rings. The Morgan fingerprint density at radius 2 is 2.40 bits per heavy atom. The lowest BCUT2D eigenvalue weighted by Gasteiger charge is -2.22. The van der Waals surface area contributed by atoms with E-state index in [1.807, 2.05) is 0 Å². The quantitative estimate of drug-likeness (QED) is 0.867. The van der Waals surface area contributed by atoms with Crippen LogP contribution in [-0.4, -0.2) is 32.7 Å². The van der Waals surface area contributed by atoms with Gasteiger partial charge in [0.25, 0.3) is 5.91 Å². The van der Waals surface area contributed by atoms with Gasteiger partial charge in [0.15, 0.2) is 0 Å². The molecule has 1 aliphatic rings. The molecule has 5 heteroatoms. The first-order valence-electron chi connectivity index (χ1n) is 7.03. The summed E-state index contributed by atoms with van der Waals surface area (Å²) < 4.78 is 18.3. The van der Waals surface area contributed by atoms with E-state index in [-0.39, 0.29) is 11.5 Å². The highest BCUT2D eigenvalue weighted by Gasteiger charge is 2.15. The number of amides is 1. The van der Waals surface area contributed by atoms with E-state index in [0.29, 0.717) is 18.2 Å². The van der Waals surface area contributed by atoms with Crippen LogP contribution in [0.4, 0.5) is 4.39 Å². The average Bonchev–Trinajstić information content (AvgIpc) is 2.48. The third-order valence-electron chi connectivity index (χ3n) is 3.64. The Kier molecular flexibility index (Phi) is 5.35. The Morgan fingerprint density at radius 3 is 3.10 bits per heavy atom. The summed E-state index contributed by atoms with van der Waals surface area (Å²) in [5.74, 6) is 0.277. The summed E-state index contributed by atoms with van der Waals surface area (Å²) >= 11 is 0. The Labute approximate surface area is 118 Å². The van der Waals surface area contributed by atoms with Gasteiger partial charge in [-0.1, -0.05) is 0 Å². The van der Waals surface area contributed by atoms with Gasteiger partial charge < -0.3 is 15.4 Å². The van der Waals surface area contributed by atoms with Crippen LogP contribution in [0, 0.1) is 11.7 Å². The fourth-order valence-electron chi connectivity index (χ4n) is 2.51. The van der Waals surface area contributed by atoms with E-state index in [1.165, 1.54) is 38.2 Å². The zero-order valence-corrected chi connectivity index (χ0v) is 11.7. The van der Waals surface area contributed by atoms with E-state index in [1.54, 1.807) is 0 Å². The summed E-state index contributed by atoms with van der Waals surface area (Å²) in [5.41, 5.74) is 0.245. The van der Waals surface area contributed by atoms with E-state index in [4.69, 9.17) is 4.74 Å². The molecule has 0 saturated carbocycles. The van der Waals surface area contributed by atoms with E-state index < -0.39 is 5.82 Å². The van der Waals surface area contributed by atoms with Crippen molar-refractivity contribution in [3.8, 4) is 5.75 Å². The number of nitrogens with one attached hydrogen (secondary N) is 2. The van der Waals surface area contributed by atoms with Gasteiger partial charge in [-0.3, -0.25) is 4.79 Å². The minimum Gasteiger partial charge on any atom is -0.496 e. The van der Waals surface area contributed by atoms with Crippen molar-refractivity contribution in [2.24, 2.45) is 5.92 Å². The largest absolute Gasteiger partial charge is 0.496 e. The van der Waals surface area contributed by atoms with Gasteiger partial charge in [0.1, 0.15) is 11.6 Å². The van der Waals surface area contributed by atoms with Gasteiger partial charge >= 0.3 is 0 Å². The number of piperidine rings is 1. The van der Waals surface area contributed by atoms with Gasteiger partial charge in [0.2, 0.25) is 0 Å². The lowest BCUT2D eigenvalue weighted by molar-refractivity contribution is 0.0947. The fourth-order valence-corrected chi connectivity index (χ4v) is 2.51. The van der Waals surface area contributed by atoms with Crippen LogP contribution in [0.3, 0.4) is 0 Å². The second-order valence-corrected chi connectivity index (χ2v) is 5.10. The van der Waals surface area contributed by atoms with Crippen molar-refractivity contribution < 1.29 is 13.9 Å². The number of ether oxygens (including phenoxy) is 1. The van der Waals surface area contributed by atoms with Gasteiger partial charge in [0.05, 0.1) is 12.7 Å². The SMILES string of the molecule is COc1ccc(F)cc1C(=O)NCCC1CCCNC1. The lowest BCUT2D eigenvalue weighted by Crippen LogP contribution is -2.33. The molecule has 110 valence electrons. The third-order valence-corrected chi connectivity index (χ3v) is 3.64. The van der Waals surface area contributed by atoms with Crippen LogP contribution in [-0.2, 0) is 0 Å². The lowest BCUT2D eigenvalue weighted by atomic mass is 9.96. The first-order valence-corrected chi connectivity index (χ1v) is 7.03. The van der Waals surface area contributed by atoms with Crippen molar-refractivity contribution in [3.05, 3.63) is 29.6 Å². The molecule has 1 aliphatic heterocycles. The fraction of sp³-hybridized carbons (Fsp3) is 0.533. The molecule has 0 spiro atoms. The maximum absolute atomic E-state index is 13.2. The molecular weight excluding hydrogens is 259 g/mol. The summed E-state index contributed by atoms with van der Waals surface area (Å²) in [7, 11) is 1.47. The zero-order valence-electron chi connectivity index (χ0n) is 11.7. The molecule has 20 heavy (non-hydrogen) atoms. The Morgan fingerprint density at radius 1 is 1.55 bits per heavy atom. The van der Waals surface area contributed by atoms with Crippen molar-refractivity contribution in [1.29, 1.82) is 0 Å². The van der Waals surface area contributed by atoms with Crippen molar-refractivity contribution >= 4 is 5.91 Å². The molecule has 1 saturated heterocycles. The zero-order chi connectivity index (χ0) is 14.4. The molecule has 4 nitrogen and oxygen atoms in total. The number of carbonyl (C=O) groups is 1. The first-order chi connectivity index (χ1) is 9.70. The molecule has 1 aromatic carbocycles. The monoisotopic (exact) mass is 280 g/mol. The van der Waals surface area contributed by atoms with Crippen molar-refractivity contribution in [2.45, 2.75) is 19.3 Å². The minimum atomic E-state index is -0.438. The van der Waals surface area contributed by atoms with E-state index >= 15 is 0 Å². The first kappa shape index (κ1) is 14.8. The summed E-state index contributed by atoms with van der Waals surface area (Å²) in [6.07, 6.45) is 3.33. The Bertz CT molecular complexity index is 459. The van der Waals surface area contributed by atoms with E-state index in [9.17, 15) is 9.18 Å². The molecular formula is C15H21FN2O2. The predicted octanol–water partition coefficient (Wildman–Crippen LogP) is 1.95.